The zero-order valence-corrected chi connectivity index (χ0v) is 14.3. The molecule has 1 amide bonds. The molecule has 0 atom stereocenters. The Balaban J connectivity index is 1.56. The van der Waals surface area contributed by atoms with Gasteiger partial charge in [0.15, 0.2) is 5.78 Å². The van der Waals surface area contributed by atoms with Crippen LogP contribution in [-0.2, 0) is 11.3 Å². The second-order valence-electron chi connectivity index (χ2n) is 5.81. The van der Waals surface area contributed by atoms with E-state index in [4.69, 9.17) is 0 Å². The van der Waals surface area contributed by atoms with Gasteiger partial charge in [-0.2, -0.15) is 0 Å². The van der Waals surface area contributed by atoms with E-state index in [-0.39, 0.29) is 24.5 Å². The van der Waals surface area contributed by atoms with Crippen LogP contribution >= 0.6 is 0 Å². The van der Waals surface area contributed by atoms with Crippen LogP contribution in [0.5, 0.6) is 0 Å². The van der Waals surface area contributed by atoms with E-state index in [9.17, 15) is 9.59 Å². The number of rotatable bonds is 7. The average molecular weight is 345 g/mol. The number of aromatic nitrogens is 2. The van der Waals surface area contributed by atoms with Crippen LogP contribution in [0, 0.1) is 0 Å². The van der Waals surface area contributed by atoms with Gasteiger partial charge in [0.05, 0.1) is 5.69 Å². The maximum absolute atomic E-state index is 12.1. The zero-order chi connectivity index (χ0) is 18.2. The number of hydrogen-bond acceptors (Lipinski definition) is 4. The molecule has 0 radical (unpaired) electrons. The molecule has 0 fully saturated rings. The summed E-state index contributed by atoms with van der Waals surface area (Å²) in [5.41, 5.74) is 3.31. The van der Waals surface area contributed by atoms with Gasteiger partial charge >= 0.3 is 0 Å². The molecule has 5 heteroatoms. The molecule has 0 saturated carbocycles. The Bertz CT molecular complexity index is 880. The Morgan fingerprint density at radius 3 is 2.38 bits per heavy atom. The molecule has 26 heavy (non-hydrogen) atoms. The fourth-order valence-corrected chi connectivity index (χ4v) is 2.63. The highest BCUT2D eigenvalue weighted by atomic mass is 16.2. The molecule has 0 spiro atoms. The van der Waals surface area contributed by atoms with Gasteiger partial charge in [-0.25, -0.2) is 0 Å². The zero-order valence-electron chi connectivity index (χ0n) is 14.3. The second-order valence-corrected chi connectivity index (χ2v) is 5.81. The molecule has 3 rings (SSSR count). The van der Waals surface area contributed by atoms with E-state index in [1.54, 1.807) is 30.7 Å². The lowest BCUT2D eigenvalue weighted by Gasteiger charge is -2.10. The Morgan fingerprint density at radius 1 is 0.846 bits per heavy atom. The van der Waals surface area contributed by atoms with Crippen molar-refractivity contribution in [3.8, 4) is 11.3 Å². The normalized spacial score (nSPS) is 10.3. The van der Waals surface area contributed by atoms with Gasteiger partial charge in [-0.1, -0.05) is 36.4 Å². The number of ketones is 1. The van der Waals surface area contributed by atoms with E-state index >= 15 is 0 Å². The Morgan fingerprint density at radius 2 is 1.62 bits per heavy atom. The molecule has 130 valence electrons. The van der Waals surface area contributed by atoms with Crippen LogP contribution in [0.1, 0.15) is 28.8 Å². The van der Waals surface area contributed by atoms with Crippen molar-refractivity contribution in [1.29, 1.82) is 0 Å². The van der Waals surface area contributed by atoms with Gasteiger partial charge in [-0.3, -0.25) is 19.6 Å². The van der Waals surface area contributed by atoms with Crippen LogP contribution < -0.4 is 5.32 Å². The predicted octanol–water partition coefficient (Wildman–Crippen LogP) is 3.42. The van der Waals surface area contributed by atoms with Crippen LogP contribution in [0.25, 0.3) is 11.3 Å². The topological polar surface area (TPSA) is 72.0 Å². The molecule has 1 N–H and O–H groups in total. The number of carbonyl (C=O) groups excluding carboxylic acids is 2. The summed E-state index contributed by atoms with van der Waals surface area (Å²) >= 11 is 0. The van der Waals surface area contributed by atoms with Gasteiger partial charge in [0.25, 0.3) is 0 Å². The highest BCUT2D eigenvalue weighted by Gasteiger charge is 2.10. The first-order valence-electron chi connectivity index (χ1n) is 8.43. The summed E-state index contributed by atoms with van der Waals surface area (Å²) < 4.78 is 0. The van der Waals surface area contributed by atoms with Gasteiger partial charge in [0.1, 0.15) is 0 Å². The molecule has 0 saturated heterocycles. The van der Waals surface area contributed by atoms with Gasteiger partial charge < -0.3 is 5.32 Å². The summed E-state index contributed by atoms with van der Waals surface area (Å²) in [6, 6.07) is 16.5. The molecule has 0 aliphatic carbocycles. The van der Waals surface area contributed by atoms with Gasteiger partial charge in [-0.15, -0.1) is 0 Å². The van der Waals surface area contributed by atoms with E-state index < -0.39 is 0 Å². The van der Waals surface area contributed by atoms with Crippen molar-refractivity contribution in [2.75, 3.05) is 0 Å². The third-order valence-corrected chi connectivity index (χ3v) is 4.00. The van der Waals surface area contributed by atoms with Crippen molar-refractivity contribution in [1.82, 2.24) is 15.3 Å². The molecule has 5 nitrogen and oxygen atoms in total. The lowest BCUT2D eigenvalue weighted by Crippen LogP contribution is -2.23. The Hall–Kier alpha value is -3.34. The quantitative estimate of drug-likeness (QED) is 0.666. The van der Waals surface area contributed by atoms with Crippen molar-refractivity contribution >= 4 is 11.7 Å². The van der Waals surface area contributed by atoms with Crippen molar-refractivity contribution in [2.24, 2.45) is 0 Å². The number of benzene rings is 1. The second kappa shape index (κ2) is 8.67. The maximum atomic E-state index is 12.1. The van der Waals surface area contributed by atoms with Crippen LogP contribution in [0.3, 0.4) is 0 Å². The highest BCUT2D eigenvalue weighted by Crippen LogP contribution is 2.20. The highest BCUT2D eigenvalue weighted by molar-refractivity contribution is 5.97. The minimum Gasteiger partial charge on any atom is -0.352 e. The molecular formula is C21H19N3O2. The number of hydrogen-bond donors (Lipinski definition) is 1. The van der Waals surface area contributed by atoms with Gasteiger partial charge in [0, 0.05) is 49.1 Å². The number of pyridine rings is 2. The van der Waals surface area contributed by atoms with Crippen LogP contribution in [0.15, 0.2) is 73.2 Å². The molecule has 2 aromatic heterocycles. The van der Waals surface area contributed by atoms with Crippen molar-refractivity contribution in [3.05, 3.63) is 84.3 Å². The number of amides is 1. The van der Waals surface area contributed by atoms with Gasteiger partial charge in [0.2, 0.25) is 5.91 Å². The number of Topliss-reactive ketones (excluding diaryl/α,β-unsaturated/α-hetero) is 1. The molecule has 0 aliphatic rings. The van der Waals surface area contributed by atoms with E-state index in [0.29, 0.717) is 12.1 Å². The van der Waals surface area contributed by atoms with Crippen LogP contribution in [0.4, 0.5) is 0 Å². The summed E-state index contributed by atoms with van der Waals surface area (Å²) in [6.07, 6.45) is 5.50. The average Bonchev–Trinajstić information content (AvgIpc) is 2.72. The van der Waals surface area contributed by atoms with E-state index in [2.05, 4.69) is 15.3 Å². The SMILES string of the molecule is O=C(CCC(=O)c1ccccc1)NCc1cccnc1-c1ccncc1. The van der Waals surface area contributed by atoms with E-state index in [0.717, 1.165) is 16.8 Å². The smallest absolute Gasteiger partial charge is 0.220 e. The standard InChI is InChI=1S/C21H19N3O2/c25-19(16-5-2-1-3-6-16)8-9-20(26)24-15-18-7-4-12-23-21(18)17-10-13-22-14-11-17/h1-7,10-14H,8-9,15H2,(H,24,26). The Kier molecular flexibility index (Phi) is 5.83. The summed E-state index contributed by atoms with van der Waals surface area (Å²) in [5, 5.41) is 2.87. The summed E-state index contributed by atoms with van der Waals surface area (Å²) in [7, 11) is 0. The monoisotopic (exact) mass is 345 g/mol. The lowest BCUT2D eigenvalue weighted by molar-refractivity contribution is -0.121. The fraction of sp³-hybridized carbons (Fsp3) is 0.143. The minimum absolute atomic E-state index is 0.0281. The molecular weight excluding hydrogens is 326 g/mol. The number of carbonyl (C=O) groups is 2. The molecule has 0 unspecified atom stereocenters. The van der Waals surface area contributed by atoms with E-state index in [1.165, 1.54) is 0 Å². The first-order chi connectivity index (χ1) is 12.7. The van der Waals surface area contributed by atoms with Crippen LogP contribution in [0.2, 0.25) is 0 Å². The van der Waals surface area contributed by atoms with Gasteiger partial charge in [-0.05, 0) is 23.8 Å². The van der Waals surface area contributed by atoms with Crippen molar-refractivity contribution < 1.29 is 9.59 Å². The molecule has 0 bridgehead atoms. The molecule has 1 aromatic carbocycles. The first-order valence-corrected chi connectivity index (χ1v) is 8.43. The van der Waals surface area contributed by atoms with E-state index in [1.807, 2.05) is 42.5 Å². The number of nitrogens with zero attached hydrogens (tertiary/aromatic N) is 2. The lowest BCUT2D eigenvalue weighted by atomic mass is 10.1. The third kappa shape index (κ3) is 4.60. The third-order valence-electron chi connectivity index (χ3n) is 4.00. The fourth-order valence-electron chi connectivity index (χ4n) is 2.63. The summed E-state index contributed by atoms with van der Waals surface area (Å²) in [4.78, 5) is 32.6. The molecule has 3 aromatic rings. The maximum Gasteiger partial charge on any atom is 0.220 e. The summed E-state index contributed by atoms with van der Waals surface area (Å²) in [6.45, 7) is 0.365. The Labute approximate surface area is 152 Å². The van der Waals surface area contributed by atoms with Crippen molar-refractivity contribution in [2.45, 2.75) is 19.4 Å². The van der Waals surface area contributed by atoms with Crippen molar-refractivity contribution in [3.63, 3.8) is 0 Å². The number of nitrogens with one attached hydrogen (secondary N) is 1. The summed E-state index contributed by atoms with van der Waals surface area (Å²) in [5.74, 6) is -0.182. The minimum atomic E-state index is -0.154. The molecule has 2 heterocycles. The molecule has 0 aliphatic heterocycles. The first kappa shape index (κ1) is 17.5. The largest absolute Gasteiger partial charge is 0.352 e. The van der Waals surface area contributed by atoms with Crippen LogP contribution in [-0.4, -0.2) is 21.7 Å². The predicted molar refractivity (Wildman–Crippen MR) is 99.3 cm³/mol.